The van der Waals surface area contributed by atoms with Crippen LogP contribution in [0, 0.1) is 5.92 Å². The number of methoxy groups -OCH3 is 2. The van der Waals surface area contributed by atoms with Crippen LogP contribution in [-0.2, 0) is 13.0 Å². The molecule has 1 N–H and O–H groups in total. The molecule has 1 amide bonds. The van der Waals surface area contributed by atoms with Crippen molar-refractivity contribution in [1.82, 2.24) is 15.4 Å². The zero-order valence-corrected chi connectivity index (χ0v) is 23.7. The van der Waals surface area contributed by atoms with Crippen molar-refractivity contribution in [2.24, 2.45) is 5.92 Å². The molecule has 8 nitrogen and oxygen atoms in total. The Kier molecular flexibility index (Phi) is 10.9. The molecule has 1 aromatic heterocycles. The van der Waals surface area contributed by atoms with E-state index in [1.807, 2.05) is 30.3 Å². The molecule has 0 atom stereocenters. The molecule has 39 heavy (non-hydrogen) atoms. The summed E-state index contributed by atoms with van der Waals surface area (Å²) in [5.74, 6) is 2.50. The maximum atomic E-state index is 12.2. The number of benzene rings is 2. The predicted octanol–water partition coefficient (Wildman–Crippen LogP) is 6.75. The number of hydrogen-bond acceptors (Lipinski definition) is 7. The van der Waals surface area contributed by atoms with Gasteiger partial charge in [0.2, 0.25) is 11.3 Å². The predicted molar refractivity (Wildman–Crippen MR) is 153 cm³/mol. The quantitative estimate of drug-likeness (QED) is 0.228. The fourth-order valence-electron chi connectivity index (χ4n) is 5.35. The second kappa shape index (κ2) is 14.8. The van der Waals surface area contributed by atoms with Gasteiger partial charge in [-0.1, -0.05) is 49.9 Å². The van der Waals surface area contributed by atoms with Crippen molar-refractivity contribution in [2.45, 2.75) is 71.3 Å². The van der Waals surface area contributed by atoms with E-state index < -0.39 is 0 Å². The van der Waals surface area contributed by atoms with Crippen molar-refractivity contribution in [1.29, 1.82) is 0 Å². The van der Waals surface area contributed by atoms with Crippen LogP contribution in [0.25, 0.3) is 11.0 Å². The summed E-state index contributed by atoms with van der Waals surface area (Å²) in [6.45, 7) is 5.83. The van der Waals surface area contributed by atoms with Crippen molar-refractivity contribution in [3.05, 3.63) is 47.7 Å². The van der Waals surface area contributed by atoms with Gasteiger partial charge in [0.1, 0.15) is 5.75 Å². The first-order valence-electron chi connectivity index (χ1n) is 14.4. The van der Waals surface area contributed by atoms with E-state index in [2.05, 4.69) is 28.4 Å². The molecule has 0 bridgehead atoms. The second-order valence-electron chi connectivity index (χ2n) is 10.4. The number of carbonyl (C=O) groups excluding carboxylic acids is 1. The van der Waals surface area contributed by atoms with Crippen LogP contribution in [0.2, 0.25) is 0 Å². The first kappa shape index (κ1) is 28.7. The Morgan fingerprint density at radius 1 is 1.08 bits per heavy atom. The van der Waals surface area contributed by atoms with Crippen LogP contribution in [0.5, 0.6) is 17.2 Å². The van der Waals surface area contributed by atoms with Gasteiger partial charge in [0.15, 0.2) is 5.75 Å². The molecule has 2 aromatic carbocycles. The van der Waals surface area contributed by atoms with Crippen LogP contribution in [0.15, 0.2) is 40.9 Å². The molecular formula is C31H43N3O5. The van der Waals surface area contributed by atoms with Crippen LogP contribution in [0.4, 0.5) is 4.79 Å². The number of aromatic nitrogens is 1. The molecule has 0 spiro atoms. The van der Waals surface area contributed by atoms with Gasteiger partial charge in [-0.05, 0) is 80.9 Å². The third-order valence-corrected chi connectivity index (χ3v) is 7.62. The molecule has 3 aromatic rings. The van der Waals surface area contributed by atoms with Gasteiger partial charge in [0.25, 0.3) is 0 Å². The molecule has 212 valence electrons. The number of likely N-dealkylation sites (tertiary alicyclic amines) is 1. The normalized spacial score (nSPS) is 14.4. The van der Waals surface area contributed by atoms with E-state index in [0.29, 0.717) is 35.3 Å². The minimum absolute atomic E-state index is 0.374. The molecule has 2 heterocycles. The first-order valence-corrected chi connectivity index (χ1v) is 14.4. The maximum Gasteiger partial charge on any atom is 0.412 e. The number of fused-ring (bicyclic) bond motifs is 1. The number of aryl methyl sites for hydroxylation is 1. The Labute approximate surface area is 232 Å². The molecule has 0 aliphatic carbocycles. The van der Waals surface area contributed by atoms with E-state index in [-0.39, 0.29) is 6.09 Å². The Bertz CT molecular complexity index is 1190. The van der Waals surface area contributed by atoms with Gasteiger partial charge < -0.3 is 24.1 Å². The van der Waals surface area contributed by atoms with E-state index in [0.717, 1.165) is 74.8 Å². The third kappa shape index (κ3) is 8.12. The molecular weight excluding hydrogens is 494 g/mol. The van der Waals surface area contributed by atoms with Gasteiger partial charge in [0.05, 0.1) is 19.9 Å². The zero-order valence-electron chi connectivity index (χ0n) is 23.7. The number of unbranched alkanes of at least 4 members (excludes halogenated alkanes) is 4. The number of nitrogens with one attached hydrogen (secondary N) is 1. The highest BCUT2D eigenvalue weighted by molar-refractivity contribution is 5.87. The summed E-state index contributed by atoms with van der Waals surface area (Å²) < 4.78 is 22.0. The Morgan fingerprint density at radius 2 is 1.90 bits per heavy atom. The fourth-order valence-corrected chi connectivity index (χ4v) is 5.35. The molecule has 1 saturated heterocycles. The summed E-state index contributed by atoms with van der Waals surface area (Å²) in [5, 5.41) is 8.19. The third-order valence-electron chi connectivity index (χ3n) is 7.62. The van der Waals surface area contributed by atoms with E-state index in [4.69, 9.17) is 18.7 Å². The van der Waals surface area contributed by atoms with E-state index in [9.17, 15) is 4.79 Å². The summed E-state index contributed by atoms with van der Waals surface area (Å²) in [7, 11) is 3.23. The van der Waals surface area contributed by atoms with Gasteiger partial charge in [-0.15, -0.1) is 0 Å². The minimum atomic E-state index is -0.374. The average Bonchev–Trinajstić information content (AvgIpc) is 3.37. The van der Waals surface area contributed by atoms with Crippen molar-refractivity contribution in [3.63, 3.8) is 0 Å². The molecule has 1 fully saturated rings. The van der Waals surface area contributed by atoms with E-state index in [1.165, 1.54) is 19.3 Å². The van der Waals surface area contributed by atoms with Crippen molar-refractivity contribution < 1.29 is 23.5 Å². The molecule has 0 saturated carbocycles. The number of ether oxygens (including phenoxy) is 3. The topological polar surface area (TPSA) is 86.1 Å². The van der Waals surface area contributed by atoms with Crippen LogP contribution < -0.4 is 19.5 Å². The number of amides is 1. The standard InChI is InChI=1S/C31H43N3O5/c1-4-5-6-7-8-18-32-31(35)38-25-11-9-10-24(21-25)22-34-19-16-23(17-20-34)12-14-27-26-13-15-28(36-2)30(37-3)29(26)39-33-27/h9-11,13,15,21,23H,4-8,12,14,16-20,22H2,1-3H3,(H,32,35). The highest BCUT2D eigenvalue weighted by Gasteiger charge is 2.22. The summed E-state index contributed by atoms with van der Waals surface area (Å²) in [6.07, 6.45) is 9.73. The monoisotopic (exact) mass is 537 g/mol. The van der Waals surface area contributed by atoms with Gasteiger partial charge in [-0.25, -0.2) is 4.79 Å². The van der Waals surface area contributed by atoms with Crippen LogP contribution in [0.1, 0.15) is 69.5 Å². The average molecular weight is 538 g/mol. The summed E-state index contributed by atoms with van der Waals surface area (Å²) in [4.78, 5) is 14.6. The lowest BCUT2D eigenvalue weighted by molar-refractivity contribution is 0.172. The summed E-state index contributed by atoms with van der Waals surface area (Å²) >= 11 is 0. The van der Waals surface area contributed by atoms with Crippen LogP contribution in [-0.4, -0.2) is 50.0 Å². The minimum Gasteiger partial charge on any atom is -0.493 e. The molecule has 0 unspecified atom stereocenters. The highest BCUT2D eigenvalue weighted by Crippen LogP contribution is 2.37. The number of hydrogen-bond donors (Lipinski definition) is 1. The van der Waals surface area contributed by atoms with Gasteiger partial charge in [0, 0.05) is 18.5 Å². The number of carbonyl (C=O) groups is 1. The smallest absolute Gasteiger partial charge is 0.412 e. The van der Waals surface area contributed by atoms with E-state index in [1.54, 1.807) is 14.2 Å². The SMILES string of the molecule is CCCCCCCNC(=O)Oc1cccc(CN2CCC(CCc3noc4c(OC)c(OC)ccc34)CC2)c1. The Hall–Kier alpha value is -3.26. The van der Waals surface area contributed by atoms with Crippen molar-refractivity contribution in [3.8, 4) is 17.2 Å². The Morgan fingerprint density at radius 3 is 2.67 bits per heavy atom. The number of nitrogens with zero attached hydrogens (tertiary/aromatic N) is 2. The van der Waals surface area contributed by atoms with Crippen LogP contribution in [0.3, 0.4) is 0 Å². The van der Waals surface area contributed by atoms with E-state index >= 15 is 0 Å². The first-order chi connectivity index (χ1) is 19.1. The largest absolute Gasteiger partial charge is 0.493 e. The molecule has 1 aliphatic rings. The summed E-state index contributed by atoms with van der Waals surface area (Å²) in [5.41, 5.74) is 2.79. The zero-order chi connectivity index (χ0) is 27.5. The molecule has 1 aliphatic heterocycles. The number of piperidine rings is 1. The van der Waals surface area contributed by atoms with Gasteiger partial charge in [-0.3, -0.25) is 4.90 Å². The van der Waals surface area contributed by atoms with Crippen molar-refractivity contribution in [2.75, 3.05) is 33.9 Å². The molecule has 4 rings (SSSR count). The lowest BCUT2D eigenvalue weighted by Crippen LogP contribution is -2.33. The maximum absolute atomic E-state index is 12.2. The van der Waals surface area contributed by atoms with Crippen LogP contribution >= 0.6 is 0 Å². The summed E-state index contributed by atoms with van der Waals surface area (Å²) in [6, 6.07) is 11.8. The molecule has 0 radical (unpaired) electrons. The fraction of sp³-hybridized carbons (Fsp3) is 0.548. The second-order valence-corrected chi connectivity index (χ2v) is 10.4. The lowest BCUT2D eigenvalue weighted by Gasteiger charge is -2.32. The van der Waals surface area contributed by atoms with Crippen molar-refractivity contribution >= 4 is 17.1 Å². The van der Waals surface area contributed by atoms with Gasteiger partial charge >= 0.3 is 6.09 Å². The number of rotatable bonds is 14. The van der Waals surface area contributed by atoms with Gasteiger partial charge in [-0.2, -0.15) is 0 Å². The molecule has 8 heteroatoms. The lowest BCUT2D eigenvalue weighted by atomic mass is 9.91. The highest BCUT2D eigenvalue weighted by atomic mass is 16.6. The Balaban J connectivity index is 1.19.